The van der Waals surface area contributed by atoms with Crippen LogP contribution in [0.25, 0.3) is 0 Å². The number of rotatable bonds is 5. The van der Waals surface area contributed by atoms with Crippen LogP contribution in [0, 0.1) is 5.92 Å². The van der Waals surface area contributed by atoms with Crippen molar-refractivity contribution in [1.29, 1.82) is 0 Å². The molecule has 0 unspecified atom stereocenters. The average molecular weight is 405 g/mol. The maximum atomic E-state index is 12.9. The summed E-state index contributed by atoms with van der Waals surface area (Å²) in [5.74, 6) is -1.26. The first-order valence-electron chi connectivity index (χ1n) is 8.52. The molecule has 1 aliphatic rings. The maximum Gasteiger partial charge on any atom is 0.262 e. The molecule has 3 amide bonds. The number of hydrogen-bond donors (Lipinski definition) is 1. The van der Waals surface area contributed by atoms with Crippen molar-refractivity contribution in [3.63, 3.8) is 0 Å². The standard InChI is InChI=1S/C20H18Cl2N2O3/c1-11(2)9-17(18(25)23-12-7-8-15(21)16(22)10-12)24-19(26)13-5-3-4-6-14(13)20(24)27/h3-8,10-11,17H,9H2,1-2H3,(H,23,25)/t17-/m1/s1. The van der Waals surface area contributed by atoms with Crippen LogP contribution in [0.4, 0.5) is 5.69 Å². The topological polar surface area (TPSA) is 66.5 Å². The van der Waals surface area contributed by atoms with E-state index in [-0.39, 0.29) is 5.92 Å². The Morgan fingerprint density at radius 1 is 1.00 bits per heavy atom. The van der Waals surface area contributed by atoms with E-state index in [9.17, 15) is 14.4 Å². The number of hydrogen-bond acceptors (Lipinski definition) is 3. The van der Waals surface area contributed by atoms with Gasteiger partial charge in [-0.3, -0.25) is 19.3 Å². The van der Waals surface area contributed by atoms with E-state index >= 15 is 0 Å². The van der Waals surface area contributed by atoms with E-state index in [1.165, 1.54) is 6.07 Å². The normalized spacial score (nSPS) is 14.5. The summed E-state index contributed by atoms with van der Waals surface area (Å²) >= 11 is 11.9. The lowest BCUT2D eigenvalue weighted by atomic mass is 10.0. The van der Waals surface area contributed by atoms with Crippen molar-refractivity contribution in [3.8, 4) is 0 Å². The largest absolute Gasteiger partial charge is 0.324 e. The van der Waals surface area contributed by atoms with Crippen LogP contribution < -0.4 is 5.32 Å². The third kappa shape index (κ3) is 3.84. The summed E-state index contributed by atoms with van der Waals surface area (Å²) in [6, 6.07) is 10.4. The van der Waals surface area contributed by atoms with E-state index in [1.54, 1.807) is 36.4 Å². The fourth-order valence-electron chi connectivity index (χ4n) is 3.07. The van der Waals surface area contributed by atoms with Gasteiger partial charge in [-0.2, -0.15) is 0 Å². The van der Waals surface area contributed by atoms with Gasteiger partial charge in [0.05, 0.1) is 21.2 Å². The highest BCUT2D eigenvalue weighted by molar-refractivity contribution is 6.42. The molecule has 0 radical (unpaired) electrons. The lowest BCUT2D eigenvalue weighted by Gasteiger charge is -2.26. The summed E-state index contributed by atoms with van der Waals surface area (Å²) in [5, 5.41) is 3.40. The van der Waals surface area contributed by atoms with Crippen LogP contribution in [0.3, 0.4) is 0 Å². The Hall–Kier alpha value is -2.37. The van der Waals surface area contributed by atoms with Gasteiger partial charge in [-0.05, 0) is 42.7 Å². The second-order valence-electron chi connectivity index (χ2n) is 6.79. The van der Waals surface area contributed by atoms with Gasteiger partial charge in [0.1, 0.15) is 6.04 Å². The van der Waals surface area contributed by atoms with Crippen molar-refractivity contribution in [2.45, 2.75) is 26.3 Å². The Morgan fingerprint density at radius 3 is 2.11 bits per heavy atom. The summed E-state index contributed by atoms with van der Waals surface area (Å²) in [4.78, 5) is 39.5. The van der Waals surface area contributed by atoms with Crippen LogP contribution in [-0.4, -0.2) is 28.7 Å². The number of fused-ring (bicyclic) bond motifs is 1. The molecule has 7 heteroatoms. The maximum absolute atomic E-state index is 12.9. The van der Waals surface area contributed by atoms with Crippen molar-refractivity contribution in [2.24, 2.45) is 5.92 Å². The molecule has 0 aromatic heterocycles. The van der Waals surface area contributed by atoms with Gasteiger partial charge in [-0.25, -0.2) is 0 Å². The van der Waals surface area contributed by atoms with Gasteiger partial charge in [0.15, 0.2) is 0 Å². The SMILES string of the molecule is CC(C)C[C@H](C(=O)Nc1ccc(Cl)c(Cl)c1)N1C(=O)c2ccccc2C1=O. The highest BCUT2D eigenvalue weighted by atomic mass is 35.5. The van der Waals surface area contributed by atoms with E-state index < -0.39 is 23.8 Å². The first-order valence-corrected chi connectivity index (χ1v) is 9.28. The van der Waals surface area contributed by atoms with E-state index in [0.717, 1.165) is 4.90 Å². The fraction of sp³-hybridized carbons (Fsp3) is 0.250. The molecule has 0 aliphatic carbocycles. The molecule has 2 aromatic carbocycles. The molecule has 2 aromatic rings. The predicted octanol–water partition coefficient (Wildman–Crippen LogP) is 4.64. The molecule has 0 saturated carbocycles. The van der Waals surface area contributed by atoms with Crippen molar-refractivity contribution in [3.05, 3.63) is 63.6 Å². The zero-order valence-electron chi connectivity index (χ0n) is 14.8. The highest BCUT2D eigenvalue weighted by Crippen LogP contribution is 2.29. The van der Waals surface area contributed by atoms with Gasteiger partial charge < -0.3 is 5.32 Å². The molecule has 140 valence electrons. The number of nitrogens with zero attached hydrogens (tertiary/aromatic N) is 1. The van der Waals surface area contributed by atoms with Crippen molar-refractivity contribution >= 4 is 46.6 Å². The Labute approximate surface area is 167 Å². The third-order valence-electron chi connectivity index (χ3n) is 4.32. The number of carbonyl (C=O) groups is 3. The molecule has 5 nitrogen and oxygen atoms in total. The number of nitrogens with one attached hydrogen (secondary N) is 1. The van der Waals surface area contributed by atoms with Crippen LogP contribution in [-0.2, 0) is 4.79 Å². The number of carbonyl (C=O) groups excluding carboxylic acids is 3. The highest BCUT2D eigenvalue weighted by Gasteiger charge is 2.42. The van der Waals surface area contributed by atoms with Gasteiger partial charge in [0, 0.05) is 5.69 Å². The first kappa shape index (κ1) is 19.4. The molecule has 1 atom stereocenters. The first-order chi connectivity index (χ1) is 12.8. The number of benzene rings is 2. The van der Waals surface area contributed by atoms with Crippen molar-refractivity contribution in [1.82, 2.24) is 4.90 Å². The van der Waals surface area contributed by atoms with Crippen LogP contribution >= 0.6 is 23.2 Å². The molecule has 3 rings (SSSR count). The molecular weight excluding hydrogens is 387 g/mol. The Morgan fingerprint density at radius 2 is 1.59 bits per heavy atom. The van der Waals surface area contributed by atoms with Crippen LogP contribution in [0.1, 0.15) is 41.0 Å². The zero-order chi connectivity index (χ0) is 19.7. The summed E-state index contributed by atoms with van der Waals surface area (Å²) in [6.45, 7) is 3.86. The van der Waals surface area contributed by atoms with E-state index in [1.807, 2.05) is 13.8 Å². The van der Waals surface area contributed by atoms with Crippen LogP contribution in [0.2, 0.25) is 10.0 Å². The van der Waals surface area contributed by atoms with Gasteiger partial charge in [0.25, 0.3) is 11.8 Å². The van der Waals surface area contributed by atoms with Crippen LogP contribution in [0.15, 0.2) is 42.5 Å². The Bertz CT molecular complexity index is 892. The monoisotopic (exact) mass is 404 g/mol. The molecule has 1 N–H and O–H groups in total. The van der Waals surface area contributed by atoms with E-state index in [2.05, 4.69) is 5.32 Å². The van der Waals surface area contributed by atoms with Gasteiger partial charge in [-0.15, -0.1) is 0 Å². The van der Waals surface area contributed by atoms with Crippen LogP contribution in [0.5, 0.6) is 0 Å². The number of imide groups is 1. The minimum atomic E-state index is -0.924. The lowest BCUT2D eigenvalue weighted by molar-refractivity contribution is -0.120. The Kier molecular flexibility index (Phi) is 5.53. The fourth-order valence-corrected chi connectivity index (χ4v) is 3.36. The van der Waals surface area contributed by atoms with Gasteiger partial charge in [0.2, 0.25) is 5.91 Å². The molecule has 0 fully saturated rings. The number of halogens is 2. The molecule has 1 heterocycles. The summed E-state index contributed by atoms with van der Waals surface area (Å²) in [6.07, 6.45) is 0.346. The lowest BCUT2D eigenvalue weighted by Crippen LogP contribution is -2.47. The minimum Gasteiger partial charge on any atom is -0.324 e. The predicted molar refractivity (Wildman–Crippen MR) is 105 cm³/mol. The van der Waals surface area contributed by atoms with Crippen molar-refractivity contribution in [2.75, 3.05) is 5.32 Å². The minimum absolute atomic E-state index is 0.0962. The third-order valence-corrected chi connectivity index (χ3v) is 5.06. The summed E-state index contributed by atoms with van der Waals surface area (Å²) in [5.41, 5.74) is 1.08. The van der Waals surface area contributed by atoms with Gasteiger partial charge >= 0.3 is 0 Å². The quantitative estimate of drug-likeness (QED) is 0.737. The number of anilines is 1. The molecule has 0 bridgehead atoms. The summed E-state index contributed by atoms with van der Waals surface area (Å²) < 4.78 is 0. The molecule has 0 spiro atoms. The average Bonchev–Trinajstić information content (AvgIpc) is 2.87. The van der Waals surface area contributed by atoms with Gasteiger partial charge in [-0.1, -0.05) is 49.2 Å². The molecule has 0 saturated heterocycles. The second kappa shape index (κ2) is 7.71. The van der Waals surface area contributed by atoms with E-state index in [4.69, 9.17) is 23.2 Å². The zero-order valence-corrected chi connectivity index (χ0v) is 16.3. The Balaban J connectivity index is 1.90. The van der Waals surface area contributed by atoms with Crippen molar-refractivity contribution < 1.29 is 14.4 Å². The molecule has 27 heavy (non-hydrogen) atoms. The molecular formula is C20H18Cl2N2O3. The smallest absolute Gasteiger partial charge is 0.262 e. The van der Waals surface area contributed by atoms with E-state index in [0.29, 0.717) is 33.3 Å². The summed E-state index contributed by atoms with van der Waals surface area (Å²) in [7, 11) is 0. The second-order valence-corrected chi connectivity index (χ2v) is 7.60. The molecule has 1 aliphatic heterocycles. The number of amides is 3.